The first-order chi connectivity index (χ1) is 19.2. The van der Waals surface area contributed by atoms with Crippen LogP contribution in [0.15, 0.2) is 95.9 Å². The van der Waals surface area contributed by atoms with Crippen molar-refractivity contribution in [3.63, 3.8) is 0 Å². The molecular weight excluding hydrogens is 488 g/mol. The van der Waals surface area contributed by atoms with E-state index in [1.54, 1.807) is 11.7 Å². The summed E-state index contributed by atoms with van der Waals surface area (Å²) in [5.41, 5.74) is 10.4. The number of methoxy groups -OCH3 is 1. The Morgan fingerprint density at radius 1 is 0.872 bits per heavy atom. The summed E-state index contributed by atoms with van der Waals surface area (Å²) in [7, 11) is 1.67. The van der Waals surface area contributed by atoms with Crippen molar-refractivity contribution in [2.45, 2.75) is 13.1 Å². The van der Waals surface area contributed by atoms with Gasteiger partial charge in [-0.2, -0.15) is 0 Å². The van der Waals surface area contributed by atoms with Gasteiger partial charge in [0.1, 0.15) is 11.4 Å². The Labute approximate surface area is 226 Å². The fraction of sp³-hybridized carbons (Fsp3) is 0.188. The highest BCUT2D eigenvalue weighted by Gasteiger charge is 2.19. The summed E-state index contributed by atoms with van der Waals surface area (Å²) in [5, 5.41) is 3.12. The van der Waals surface area contributed by atoms with Gasteiger partial charge in [0.2, 0.25) is 0 Å². The molecule has 0 atom stereocenters. The highest BCUT2D eigenvalue weighted by molar-refractivity contribution is 5.98. The highest BCUT2D eigenvalue weighted by atomic mass is 16.5. The molecule has 7 heteroatoms. The minimum atomic E-state index is -0.140. The van der Waals surface area contributed by atoms with Gasteiger partial charge in [0.25, 0.3) is 5.56 Å². The van der Waals surface area contributed by atoms with Crippen LogP contribution < -0.4 is 16.0 Å². The molecule has 0 spiro atoms. The molecule has 4 aromatic carbocycles. The van der Waals surface area contributed by atoms with Gasteiger partial charge in [-0.25, -0.2) is 4.98 Å². The Balaban J connectivity index is 1.53. The molecule has 0 aliphatic rings. The molecule has 2 aromatic heterocycles. The Morgan fingerprint density at radius 3 is 2.49 bits per heavy atom. The van der Waals surface area contributed by atoms with Crippen molar-refractivity contribution in [2.75, 3.05) is 26.9 Å². The van der Waals surface area contributed by atoms with Crippen LogP contribution in [0.25, 0.3) is 44.0 Å². The molecule has 6 aromatic rings. The predicted molar refractivity (Wildman–Crippen MR) is 156 cm³/mol. The molecule has 0 amide bonds. The minimum absolute atomic E-state index is 0.140. The summed E-state index contributed by atoms with van der Waals surface area (Å²) >= 11 is 0. The average molecular weight is 519 g/mol. The van der Waals surface area contributed by atoms with Gasteiger partial charge in [0.05, 0.1) is 31.4 Å². The van der Waals surface area contributed by atoms with Crippen LogP contribution in [-0.2, 0) is 17.8 Å². The Morgan fingerprint density at radius 2 is 1.67 bits per heavy atom. The zero-order valence-electron chi connectivity index (χ0n) is 21.8. The number of ether oxygens (including phenoxy) is 2. The summed E-state index contributed by atoms with van der Waals surface area (Å²) in [6, 6.07) is 28.4. The third-order valence-corrected chi connectivity index (χ3v) is 7.07. The van der Waals surface area contributed by atoms with E-state index in [0.29, 0.717) is 38.5 Å². The van der Waals surface area contributed by atoms with Crippen molar-refractivity contribution in [1.82, 2.24) is 14.1 Å². The summed E-state index contributed by atoms with van der Waals surface area (Å²) in [6.07, 6.45) is 2.04. The lowest BCUT2D eigenvalue weighted by molar-refractivity contribution is 0.133. The summed E-state index contributed by atoms with van der Waals surface area (Å²) in [4.78, 5) is 19.0. The summed E-state index contributed by atoms with van der Waals surface area (Å²) < 4.78 is 15.0. The zero-order valence-corrected chi connectivity index (χ0v) is 21.8. The number of nitrogens with two attached hydrogens (primary N) is 1. The van der Waals surface area contributed by atoms with Crippen LogP contribution >= 0.6 is 0 Å². The zero-order chi connectivity index (χ0) is 26.8. The van der Waals surface area contributed by atoms with Crippen LogP contribution in [0.4, 0.5) is 0 Å². The standard InChI is InChI=1S/C32H30N4O3/c1-38-25-10-6-7-22(17-25)20-35-21-27(26-11-4-5-12-29(26)35)31-32(37)36(14-16-39-15-13-33)30-19-24-9-3-2-8-23(24)18-28(30)34-31/h2-12,17-19,21H,13-16,20,33H2,1H3. The quantitative estimate of drug-likeness (QED) is 0.210. The van der Waals surface area contributed by atoms with Gasteiger partial charge in [-0.15, -0.1) is 0 Å². The molecule has 0 aliphatic carbocycles. The first kappa shape index (κ1) is 24.9. The van der Waals surface area contributed by atoms with Gasteiger partial charge in [-0.3, -0.25) is 4.79 Å². The first-order valence-corrected chi connectivity index (χ1v) is 13.1. The lowest BCUT2D eigenvalue weighted by atomic mass is 10.1. The Hall–Kier alpha value is -4.46. The number of nitrogens with zero attached hydrogens (tertiary/aromatic N) is 3. The monoisotopic (exact) mass is 518 g/mol. The van der Waals surface area contributed by atoms with Crippen LogP contribution in [0.1, 0.15) is 5.56 Å². The number of benzene rings is 4. The van der Waals surface area contributed by atoms with E-state index >= 15 is 0 Å². The van der Waals surface area contributed by atoms with Crippen molar-refractivity contribution >= 4 is 32.7 Å². The smallest absolute Gasteiger partial charge is 0.277 e. The van der Waals surface area contributed by atoms with E-state index < -0.39 is 0 Å². The van der Waals surface area contributed by atoms with Crippen LogP contribution in [0.2, 0.25) is 0 Å². The van der Waals surface area contributed by atoms with E-state index in [1.165, 1.54) is 0 Å². The molecule has 2 heterocycles. The van der Waals surface area contributed by atoms with Crippen LogP contribution in [0.3, 0.4) is 0 Å². The molecule has 0 radical (unpaired) electrons. The predicted octanol–water partition coefficient (Wildman–Crippen LogP) is 5.20. The third-order valence-electron chi connectivity index (χ3n) is 7.07. The van der Waals surface area contributed by atoms with Gasteiger partial charge in [-0.1, -0.05) is 54.6 Å². The fourth-order valence-electron chi connectivity index (χ4n) is 5.20. The maximum absolute atomic E-state index is 14.1. The number of para-hydroxylation sites is 1. The van der Waals surface area contributed by atoms with E-state index in [1.807, 2.05) is 60.8 Å². The molecule has 2 N–H and O–H groups in total. The Kier molecular flexibility index (Phi) is 6.84. The Bertz CT molecular complexity index is 1850. The van der Waals surface area contributed by atoms with Gasteiger partial charge in [-0.05, 0) is 46.7 Å². The van der Waals surface area contributed by atoms with Crippen LogP contribution in [0, 0.1) is 0 Å². The van der Waals surface area contributed by atoms with Crippen LogP contribution in [0.5, 0.6) is 5.75 Å². The molecule has 39 heavy (non-hydrogen) atoms. The first-order valence-electron chi connectivity index (χ1n) is 13.1. The average Bonchev–Trinajstić information content (AvgIpc) is 3.33. The van der Waals surface area contributed by atoms with Gasteiger partial charge < -0.3 is 24.3 Å². The number of aromatic nitrogens is 3. The van der Waals surface area contributed by atoms with E-state index in [4.69, 9.17) is 20.2 Å². The van der Waals surface area contributed by atoms with E-state index in [0.717, 1.165) is 49.6 Å². The molecular formula is C32H30N4O3. The maximum atomic E-state index is 14.1. The van der Waals surface area contributed by atoms with Gasteiger partial charge in [0, 0.05) is 42.3 Å². The molecule has 6 rings (SSSR count). The number of hydrogen-bond acceptors (Lipinski definition) is 5. The number of hydrogen-bond donors (Lipinski definition) is 1. The third kappa shape index (κ3) is 4.78. The lowest BCUT2D eigenvalue weighted by Crippen LogP contribution is -2.26. The largest absolute Gasteiger partial charge is 0.497 e. The van der Waals surface area contributed by atoms with Crippen molar-refractivity contribution in [3.05, 3.63) is 107 Å². The molecule has 0 fully saturated rings. The van der Waals surface area contributed by atoms with E-state index in [2.05, 4.69) is 34.9 Å². The van der Waals surface area contributed by atoms with Crippen molar-refractivity contribution < 1.29 is 9.47 Å². The molecule has 0 unspecified atom stereocenters. The molecule has 0 bridgehead atoms. The SMILES string of the molecule is COc1cccc(Cn2cc(-c3nc4cc5ccccc5cc4n(CCOCCN)c3=O)c3ccccc32)c1. The van der Waals surface area contributed by atoms with Gasteiger partial charge in [0.15, 0.2) is 0 Å². The van der Waals surface area contributed by atoms with E-state index in [-0.39, 0.29) is 5.56 Å². The molecule has 0 aliphatic heterocycles. The molecule has 7 nitrogen and oxygen atoms in total. The highest BCUT2D eigenvalue weighted by Crippen LogP contribution is 2.31. The maximum Gasteiger partial charge on any atom is 0.277 e. The van der Waals surface area contributed by atoms with Crippen molar-refractivity contribution in [2.24, 2.45) is 5.73 Å². The summed E-state index contributed by atoms with van der Waals surface area (Å²) in [6.45, 7) is 2.32. The second-order valence-electron chi connectivity index (χ2n) is 9.55. The number of fused-ring (bicyclic) bond motifs is 3. The second-order valence-corrected chi connectivity index (χ2v) is 9.55. The van der Waals surface area contributed by atoms with Crippen molar-refractivity contribution in [1.29, 1.82) is 0 Å². The fourth-order valence-corrected chi connectivity index (χ4v) is 5.20. The molecule has 0 saturated carbocycles. The topological polar surface area (TPSA) is 84.3 Å². The molecule has 196 valence electrons. The summed E-state index contributed by atoms with van der Waals surface area (Å²) in [5.74, 6) is 0.812. The van der Waals surface area contributed by atoms with Gasteiger partial charge >= 0.3 is 0 Å². The second kappa shape index (κ2) is 10.7. The number of rotatable bonds is 9. The molecule has 0 saturated heterocycles. The van der Waals surface area contributed by atoms with E-state index in [9.17, 15) is 4.79 Å². The normalized spacial score (nSPS) is 11.5. The lowest BCUT2D eigenvalue weighted by Gasteiger charge is -2.13. The van der Waals surface area contributed by atoms with Crippen LogP contribution in [-0.4, -0.2) is 41.0 Å². The van der Waals surface area contributed by atoms with Crippen molar-refractivity contribution in [3.8, 4) is 17.0 Å². The minimum Gasteiger partial charge on any atom is -0.497 e.